The monoisotopic (exact) mass is 290 g/mol. The summed E-state index contributed by atoms with van der Waals surface area (Å²) in [6.45, 7) is 4.31. The zero-order valence-electron chi connectivity index (χ0n) is 11.2. The lowest BCUT2D eigenvalue weighted by atomic mass is 10.1. The highest BCUT2D eigenvalue weighted by atomic mass is 35.5. The van der Waals surface area contributed by atoms with Gasteiger partial charge in [-0.1, -0.05) is 23.7 Å². The number of carbonyl (C=O) groups is 1. The Bertz CT molecular complexity index is 666. The van der Waals surface area contributed by atoms with Gasteiger partial charge in [-0.3, -0.25) is 9.78 Å². The van der Waals surface area contributed by atoms with Crippen molar-refractivity contribution in [2.24, 2.45) is 0 Å². The van der Waals surface area contributed by atoms with Gasteiger partial charge < -0.3 is 9.64 Å². The molecule has 0 bridgehead atoms. The molecule has 3 rings (SSSR count). The predicted molar refractivity (Wildman–Crippen MR) is 78.2 cm³/mol. The average molecular weight is 291 g/mol. The van der Waals surface area contributed by atoms with Gasteiger partial charge in [0.25, 0.3) is 5.91 Å². The van der Waals surface area contributed by atoms with E-state index in [4.69, 9.17) is 16.3 Å². The first-order valence-electron chi connectivity index (χ1n) is 6.60. The van der Waals surface area contributed by atoms with E-state index in [1.807, 2.05) is 30.0 Å². The number of amides is 1. The minimum absolute atomic E-state index is 0.0195. The highest BCUT2D eigenvalue weighted by Crippen LogP contribution is 2.26. The summed E-state index contributed by atoms with van der Waals surface area (Å²) in [6, 6.07) is 7.36. The number of pyridine rings is 1. The van der Waals surface area contributed by atoms with Gasteiger partial charge in [0.1, 0.15) is 0 Å². The van der Waals surface area contributed by atoms with E-state index in [9.17, 15) is 4.79 Å². The Morgan fingerprint density at radius 2 is 2.10 bits per heavy atom. The molecule has 0 aliphatic carbocycles. The van der Waals surface area contributed by atoms with Crippen molar-refractivity contribution < 1.29 is 9.53 Å². The molecule has 1 aliphatic rings. The van der Waals surface area contributed by atoms with Crippen LogP contribution in [0.1, 0.15) is 16.1 Å². The number of hydrogen-bond donors (Lipinski definition) is 0. The number of aromatic nitrogens is 1. The van der Waals surface area contributed by atoms with Gasteiger partial charge >= 0.3 is 0 Å². The molecule has 0 spiro atoms. The highest BCUT2D eigenvalue weighted by molar-refractivity contribution is 6.35. The van der Waals surface area contributed by atoms with E-state index < -0.39 is 0 Å². The van der Waals surface area contributed by atoms with E-state index in [1.165, 1.54) is 0 Å². The van der Waals surface area contributed by atoms with Gasteiger partial charge in [-0.25, -0.2) is 0 Å². The van der Waals surface area contributed by atoms with E-state index in [0.29, 0.717) is 42.4 Å². The van der Waals surface area contributed by atoms with Crippen molar-refractivity contribution in [1.29, 1.82) is 0 Å². The van der Waals surface area contributed by atoms with E-state index in [-0.39, 0.29) is 5.91 Å². The van der Waals surface area contributed by atoms with Crippen molar-refractivity contribution in [3.8, 4) is 0 Å². The Labute approximate surface area is 122 Å². The van der Waals surface area contributed by atoms with Crippen LogP contribution >= 0.6 is 11.6 Å². The summed E-state index contributed by atoms with van der Waals surface area (Å²) in [5.74, 6) is 0.0195. The molecule has 2 heterocycles. The number of hydrogen-bond acceptors (Lipinski definition) is 3. The molecule has 0 unspecified atom stereocenters. The number of nitrogens with zero attached hydrogens (tertiary/aromatic N) is 2. The highest BCUT2D eigenvalue weighted by Gasteiger charge is 2.21. The third-order valence-electron chi connectivity index (χ3n) is 3.45. The van der Waals surface area contributed by atoms with Crippen molar-refractivity contribution in [3.05, 3.63) is 40.5 Å². The molecular formula is C15H15ClN2O2. The van der Waals surface area contributed by atoms with E-state index >= 15 is 0 Å². The summed E-state index contributed by atoms with van der Waals surface area (Å²) in [7, 11) is 0. The largest absolute Gasteiger partial charge is 0.378 e. The molecule has 1 amide bonds. The maximum absolute atomic E-state index is 12.7. The molecule has 2 aromatic rings. The molecule has 0 N–H and O–H groups in total. The molecule has 1 aliphatic heterocycles. The predicted octanol–water partition coefficient (Wildman–Crippen LogP) is 2.67. The van der Waals surface area contributed by atoms with Gasteiger partial charge in [-0.15, -0.1) is 0 Å². The lowest BCUT2D eigenvalue weighted by Crippen LogP contribution is -2.40. The molecule has 0 saturated carbocycles. The standard InChI is InChI=1S/C15H15ClN2O2/c1-10-9-12(15(19)18-5-7-20-8-6-18)11-3-2-4-13(16)14(11)17-10/h2-4,9H,5-8H2,1H3. The first-order chi connectivity index (χ1) is 9.66. The average Bonchev–Trinajstić information content (AvgIpc) is 2.48. The number of halogens is 1. The van der Waals surface area contributed by atoms with Crippen molar-refractivity contribution >= 4 is 28.4 Å². The molecule has 5 heteroatoms. The summed E-state index contributed by atoms with van der Waals surface area (Å²) in [5, 5.41) is 1.38. The minimum Gasteiger partial charge on any atom is -0.378 e. The molecule has 104 valence electrons. The Morgan fingerprint density at radius 3 is 2.85 bits per heavy atom. The fourth-order valence-electron chi connectivity index (χ4n) is 2.46. The number of morpholine rings is 1. The molecular weight excluding hydrogens is 276 g/mol. The normalized spacial score (nSPS) is 15.6. The maximum Gasteiger partial charge on any atom is 0.254 e. The van der Waals surface area contributed by atoms with Crippen LogP contribution in [-0.2, 0) is 4.74 Å². The van der Waals surface area contributed by atoms with Gasteiger partial charge in [0, 0.05) is 24.2 Å². The summed E-state index contributed by atoms with van der Waals surface area (Å²) in [5.41, 5.74) is 2.14. The SMILES string of the molecule is Cc1cc(C(=O)N2CCOCC2)c2cccc(Cl)c2n1. The number of benzene rings is 1. The topological polar surface area (TPSA) is 42.4 Å². The third kappa shape index (κ3) is 2.37. The van der Waals surface area contributed by atoms with Crippen LogP contribution in [0, 0.1) is 6.92 Å². The maximum atomic E-state index is 12.7. The van der Waals surface area contributed by atoms with Crippen molar-refractivity contribution in [2.75, 3.05) is 26.3 Å². The summed E-state index contributed by atoms with van der Waals surface area (Å²) in [6.07, 6.45) is 0. The molecule has 1 fully saturated rings. The molecule has 1 aromatic heterocycles. The van der Waals surface area contributed by atoms with Gasteiger partial charge in [0.15, 0.2) is 0 Å². The molecule has 1 saturated heterocycles. The zero-order chi connectivity index (χ0) is 14.1. The second-order valence-corrected chi connectivity index (χ2v) is 5.26. The van der Waals surface area contributed by atoms with E-state index in [1.54, 1.807) is 6.07 Å². The second-order valence-electron chi connectivity index (χ2n) is 4.85. The zero-order valence-corrected chi connectivity index (χ0v) is 12.0. The number of fused-ring (bicyclic) bond motifs is 1. The minimum atomic E-state index is 0.0195. The van der Waals surface area contributed by atoms with Gasteiger partial charge in [0.05, 0.1) is 29.3 Å². The van der Waals surface area contributed by atoms with Crippen LogP contribution in [0.2, 0.25) is 5.02 Å². The van der Waals surface area contributed by atoms with Crippen LogP contribution < -0.4 is 0 Å². The quantitative estimate of drug-likeness (QED) is 0.811. The second kappa shape index (κ2) is 5.38. The fourth-order valence-corrected chi connectivity index (χ4v) is 2.67. The smallest absolute Gasteiger partial charge is 0.254 e. The number of rotatable bonds is 1. The summed E-state index contributed by atoms with van der Waals surface area (Å²) < 4.78 is 5.29. The first-order valence-corrected chi connectivity index (χ1v) is 6.97. The Kier molecular flexibility index (Phi) is 3.59. The number of aryl methyl sites for hydroxylation is 1. The molecule has 20 heavy (non-hydrogen) atoms. The summed E-state index contributed by atoms with van der Waals surface area (Å²) in [4.78, 5) is 18.9. The number of para-hydroxylation sites is 1. The Hall–Kier alpha value is -1.65. The number of carbonyl (C=O) groups excluding carboxylic acids is 1. The lowest BCUT2D eigenvalue weighted by Gasteiger charge is -2.27. The van der Waals surface area contributed by atoms with Crippen LogP contribution in [-0.4, -0.2) is 42.1 Å². The number of ether oxygens (including phenoxy) is 1. The van der Waals surface area contributed by atoms with E-state index in [0.717, 1.165) is 11.1 Å². The molecule has 0 radical (unpaired) electrons. The first kappa shape index (κ1) is 13.3. The van der Waals surface area contributed by atoms with Crippen molar-refractivity contribution in [3.63, 3.8) is 0 Å². The summed E-state index contributed by atoms with van der Waals surface area (Å²) >= 11 is 6.18. The van der Waals surface area contributed by atoms with Crippen molar-refractivity contribution in [2.45, 2.75) is 6.92 Å². The Morgan fingerprint density at radius 1 is 1.35 bits per heavy atom. The third-order valence-corrected chi connectivity index (χ3v) is 3.75. The fraction of sp³-hybridized carbons (Fsp3) is 0.333. The van der Waals surface area contributed by atoms with Crippen LogP contribution in [0.25, 0.3) is 10.9 Å². The van der Waals surface area contributed by atoms with Gasteiger partial charge in [0.2, 0.25) is 0 Å². The lowest BCUT2D eigenvalue weighted by molar-refractivity contribution is 0.0304. The van der Waals surface area contributed by atoms with Crippen molar-refractivity contribution in [1.82, 2.24) is 9.88 Å². The van der Waals surface area contributed by atoms with Gasteiger partial charge in [-0.05, 0) is 19.1 Å². The molecule has 0 atom stereocenters. The molecule has 4 nitrogen and oxygen atoms in total. The van der Waals surface area contributed by atoms with Crippen LogP contribution in [0.5, 0.6) is 0 Å². The van der Waals surface area contributed by atoms with Crippen LogP contribution in [0.3, 0.4) is 0 Å². The van der Waals surface area contributed by atoms with E-state index in [2.05, 4.69) is 4.98 Å². The van der Waals surface area contributed by atoms with Crippen LogP contribution in [0.4, 0.5) is 0 Å². The van der Waals surface area contributed by atoms with Crippen LogP contribution in [0.15, 0.2) is 24.3 Å². The van der Waals surface area contributed by atoms with Gasteiger partial charge in [-0.2, -0.15) is 0 Å². The Balaban J connectivity index is 2.10. The molecule has 1 aromatic carbocycles.